The normalized spacial score (nSPS) is 10.4. The molecule has 0 heterocycles. The first-order chi connectivity index (χ1) is 9.11. The summed E-state index contributed by atoms with van der Waals surface area (Å²) >= 11 is 0. The summed E-state index contributed by atoms with van der Waals surface area (Å²) < 4.78 is 13.0. The van der Waals surface area contributed by atoms with Gasteiger partial charge in [0.2, 0.25) is 0 Å². The van der Waals surface area contributed by atoms with Crippen molar-refractivity contribution < 1.29 is 9.18 Å². The predicted molar refractivity (Wildman–Crippen MR) is 74.7 cm³/mol. The number of ketones is 1. The largest absolute Gasteiger partial charge is 0.398 e. The first kappa shape index (κ1) is 13.3. The molecule has 3 heteroatoms. The fourth-order valence-corrected chi connectivity index (χ4v) is 2.01. The molecule has 2 aromatic rings. The second kappa shape index (κ2) is 5.65. The van der Waals surface area contributed by atoms with Gasteiger partial charge in [-0.3, -0.25) is 4.79 Å². The van der Waals surface area contributed by atoms with Gasteiger partial charge in [0.15, 0.2) is 5.78 Å². The van der Waals surface area contributed by atoms with Crippen LogP contribution >= 0.6 is 0 Å². The molecule has 0 unspecified atom stereocenters. The Morgan fingerprint density at radius 2 is 1.84 bits per heavy atom. The summed E-state index contributed by atoms with van der Waals surface area (Å²) in [4.78, 5) is 12.2. The van der Waals surface area contributed by atoms with E-state index in [9.17, 15) is 9.18 Å². The van der Waals surface area contributed by atoms with E-state index in [-0.39, 0.29) is 11.5 Å². The van der Waals surface area contributed by atoms with E-state index < -0.39 is 5.82 Å². The zero-order valence-corrected chi connectivity index (χ0v) is 10.8. The molecule has 0 bridgehead atoms. The summed E-state index contributed by atoms with van der Waals surface area (Å²) in [5, 5.41) is 0. The standard InChI is InChI=1S/C16H16FNO/c1-2-3-11-4-6-12(7-5-11)16(19)14-9-8-13(17)10-15(14)18/h4-10H,2-3,18H2,1H3. The number of carbonyl (C=O) groups excluding carboxylic acids is 1. The molecule has 0 aliphatic carbocycles. The van der Waals surface area contributed by atoms with Gasteiger partial charge in [-0.25, -0.2) is 4.39 Å². The van der Waals surface area contributed by atoms with Crippen LogP contribution in [0.25, 0.3) is 0 Å². The maximum Gasteiger partial charge on any atom is 0.195 e. The smallest absolute Gasteiger partial charge is 0.195 e. The maximum atomic E-state index is 13.0. The summed E-state index contributed by atoms with van der Waals surface area (Å²) in [7, 11) is 0. The van der Waals surface area contributed by atoms with Crippen molar-refractivity contribution in [2.24, 2.45) is 0 Å². The van der Waals surface area contributed by atoms with Gasteiger partial charge in [0.1, 0.15) is 5.82 Å². The Labute approximate surface area is 112 Å². The van der Waals surface area contributed by atoms with Crippen molar-refractivity contribution in [3.63, 3.8) is 0 Å². The molecule has 0 amide bonds. The van der Waals surface area contributed by atoms with Crippen molar-refractivity contribution >= 4 is 11.5 Å². The number of rotatable bonds is 4. The highest BCUT2D eigenvalue weighted by atomic mass is 19.1. The average Bonchev–Trinajstić information content (AvgIpc) is 2.39. The number of halogens is 1. The van der Waals surface area contributed by atoms with E-state index in [0.717, 1.165) is 12.8 Å². The molecule has 0 atom stereocenters. The summed E-state index contributed by atoms with van der Waals surface area (Å²) in [5.74, 6) is -0.618. The molecule has 0 saturated carbocycles. The third-order valence-corrected chi connectivity index (χ3v) is 3.01. The van der Waals surface area contributed by atoms with E-state index in [4.69, 9.17) is 5.73 Å². The zero-order valence-electron chi connectivity index (χ0n) is 10.8. The number of nitrogens with two attached hydrogens (primary N) is 1. The van der Waals surface area contributed by atoms with Crippen LogP contribution in [-0.4, -0.2) is 5.78 Å². The molecule has 2 nitrogen and oxygen atoms in total. The molecule has 0 aliphatic rings. The van der Waals surface area contributed by atoms with E-state index in [1.54, 1.807) is 12.1 Å². The van der Waals surface area contributed by atoms with Gasteiger partial charge in [-0.2, -0.15) is 0 Å². The topological polar surface area (TPSA) is 43.1 Å². The molecular weight excluding hydrogens is 241 g/mol. The van der Waals surface area contributed by atoms with Crippen molar-refractivity contribution in [1.82, 2.24) is 0 Å². The maximum absolute atomic E-state index is 13.0. The Balaban J connectivity index is 2.28. The van der Waals surface area contributed by atoms with Gasteiger partial charge in [-0.05, 0) is 30.2 Å². The van der Waals surface area contributed by atoms with Gasteiger partial charge in [-0.15, -0.1) is 0 Å². The lowest BCUT2D eigenvalue weighted by Crippen LogP contribution is -2.05. The lowest BCUT2D eigenvalue weighted by atomic mass is 9.99. The third kappa shape index (κ3) is 2.99. The molecule has 2 N–H and O–H groups in total. The van der Waals surface area contributed by atoms with E-state index >= 15 is 0 Å². The van der Waals surface area contributed by atoms with Crippen molar-refractivity contribution in [2.45, 2.75) is 19.8 Å². The van der Waals surface area contributed by atoms with E-state index in [1.807, 2.05) is 12.1 Å². The highest BCUT2D eigenvalue weighted by Crippen LogP contribution is 2.18. The Morgan fingerprint density at radius 1 is 1.16 bits per heavy atom. The minimum atomic E-state index is -0.438. The fourth-order valence-electron chi connectivity index (χ4n) is 2.01. The van der Waals surface area contributed by atoms with Crippen molar-refractivity contribution in [3.8, 4) is 0 Å². The van der Waals surface area contributed by atoms with Gasteiger partial charge < -0.3 is 5.73 Å². The summed E-state index contributed by atoms with van der Waals surface area (Å²) in [6, 6.07) is 11.3. The Hall–Kier alpha value is -2.16. The molecular formula is C16H16FNO. The molecule has 2 rings (SSSR count). The first-order valence-electron chi connectivity index (χ1n) is 6.30. The highest BCUT2D eigenvalue weighted by molar-refractivity contribution is 6.12. The second-order valence-electron chi connectivity index (χ2n) is 4.51. The van der Waals surface area contributed by atoms with Gasteiger partial charge in [-0.1, -0.05) is 37.6 Å². The van der Waals surface area contributed by atoms with Gasteiger partial charge in [0.25, 0.3) is 0 Å². The number of hydrogen-bond donors (Lipinski definition) is 1. The Bertz CT molecular complexity index is 590. The van der Waals surface area contributed by atoms with Crippen LogP contribution in [0.1, 0.15) is 34.8 Å². The van der Waals surface area contributed by atoms with Crippen LogP contribution in [0.15, 0.2) is 42.5 Å². The van der Waals surface area contributed by atoms with Gasteiger partial charge in [0.05, 0.1) is 0 Å². The molecule has 0 saturated heterocycles. The van der Waals surface area contributed by atoms with Crippen molar-refractivity contribution in [2.75, 3.05) is 5.73 Å². The van der Waals surface area contributed by atoms with Crippen LogP contribution in [0.2, 0.25) is 0 Å². The van der Waals surface area contributed by atoms with Crippen LogP contribution in [0.4, 0.5) is 10.1 Å². The number of carbonyl (C=O) groups is 1. The number of benzene rings is 2. The molecule has 0 aromatic heterocycles. The number of nitrogen functional groups attached to an aromatic ring is 1. The lowest BCUT2D eigenvalue weighted by Gasteiger charge is -2.06. The Kier molecular flexibility index (Phi) is 3.95. The first-order valence-corrected chi connectivity index (χ1v) is 6.30. The average molecular weight is 257 g/mol. The molecule has 0 spiro atoms. The van der Waals surface area contributed by atoms with Crippen molar-refractivity contribution in [3.05, 3.63) is 65.0 Å². The summed E-state index contributed by atoms with van der Waals surface area (Å²) in [6.07, 6.45) is 2.06. The van der Waals surface area contributed by atoms with Crippen LogP contribution < -0.4 is 5.73 Å². The zero-order chi connectivity index (χ0) is 13.8. The second-order valence-corrected chi connectivity index (χ2v) is 4.51. The molecule has 0 radical (unpaired) electrons. The minimum Gasteiger partial charge on any atom is -0.398 e. The molecule has 98 valence electrons. The quantitative estimate of drug-likeness (QED) is 0.672. The molecule has 0 fully saturated rings. The van der Waals surface area contributed by atoms with Crippen LogP contribution in [-0.2, 0) is 6.42 Å². The van der Waals surface area contributed by atoms with Crippen molar-refractivity contribution in [1.29, 1.82) is 0 Å². The van der Waals surface area contributed by atoms with E-state index in [2.05, 4.69) is 6.92 Å². The summed E-state index contributed by atoms with van der Waals surface area (Å²) in [5.41, 5.74) is 7.95. The van der Waals surface area contributed by atoms with Gasteiger partial charge >= 0.3 is 0 Å². The highest BCUT2D eigenvalue weighted by Gasteiger charge is 2.12. The lowest BCUT2D eigenvalue weighted by molar-refractivity contribution is 0.103. The monoisotopic (exact) mass is 257 g/mol. The number of hydrogen-bond acceptors (Lipinski definition) is 2. The minimum absolute atomic E-state index is 0.169. The van der Waals surface area contributed by atoms with Crippen LogP contribution in [0.5, 0.6) is 0 Å². The van der Waals surface area contributed by atoms with E-state index in [1.165, 1.54) is 23.8 Å². The van der Waals surface area contributed by atoms with Crippen LogP contribution in [0, 0.1) is 5.82 Å². The molecule has 0 aliphatic heterocycles. The van der Waals surface area contributed by atoms with E-state index in [0.29, 0.717) is 11.1 Å². The number of anilines is 1. The van der Waals surface area contributed by atoms with Crippen LogP contribution in [0.3, 0.4) is 0 Å². The van der Waals surface area contributed by atoms with Gasteiger partial charge in [0, 0.05) is 16.8 Å². The molecule has 2 aromatic carbocycles. The SMILES string of the molecule is CCCc1ccc(C(=O)c2ccc(F)cc2N)cc1. The predicted octanol–water partition coefficient (Wildman–Crippen LogP) is 3.59. The summed E-state index contributed by atoms with van der Waals surface area (Å²) in [6.45, 7) is 2.11. The number of aryl methyl sites for hydroxylation is 1. The third-order valence-electron chi connectivity index (χ3n) is 3.01. The molecule has 19 heavy (non-hydrogen) atoms. The fraction of sp³-hybridized carbons (Fsp3) is 0.188. The Morgan fingerprint density at radius 3 is 2.42 bits per heavy atom.